The summed E-state index contributed by atoms with van der Waals surface area (Å²) in [5.74, 6) is -0.538. The van der Waals surface area contributed by atoms with Gasteiger partial charge in [-0.15, -0.1) is 0 Å². The Morgan fingerprint density at radius 1 is 1.03 bits per heavy atom. The van der Waals surface area contributed by atoms with Crippen LogP contribution in [0.3, 0.4) is 0 Å². The van der Waals surface area contributed by atoms with Crippen LogP contribution in [-0.2, 0) is 6.54 Å². The maximum atomic E-state index is 12.7. The molecule has 7 heteroatoms. The molecule has 0 spiro atoms. The first-order valence-corrected chi connectivity index (χ1v) is 10.8. The second kappa shape index (κ2) is 10.8. The number of allylic oxidation sites excluding steroid dienone is 2. The highest BCUT2D eigenvalue weighted by atomic mass is 16.2. The molecule has 0 unspecified atom stereocenters. The first-order chi connectivity index (χ1) is 15.4. The van der Waals surface area contributed by atoms with Gasteiger partial charge in [-0.1, -0.05) is 24.3 Å². The van der Waals surface area contributed by atoms with E-state index in [-0.39, 0.29) is 11.8 Å². The van der Waals surface area contributed by atoms with Crippen LogP contribution in [0.25, 0.3) is 0 Å². The molecule has 1 saturated heterocycles. The number of carbonyl (C=O) groups is 2. The minimum Gasteiger partial charge on any atom is -0.322 e. The van der Waals surface area contributed by atoms with Crippen molar-refractivity contribution in [2.45, 2.75) is 20.4 Å². The summed E-state index contributed by atoms with van der Waals surface area (Å²) in [5, 5.41) is 12.9. The molecule has 168 valence electrons. The van der Waals surface area contributed by atoms with E-state index in [2.05, 4.69) is 27.5 Å². The maximum absolute atomic E-state index is 12.7. The molecule has 7 nitrogen and oxygen atoms in total. The number of hydrogen-bond acceptors (Lipinski definition) is 5. The molecule has 0 aromatic heterocycles. The van der Waals surface area contributed by atoms with E-state index in [1.54, 1.807) is 31.2 Å². The van der Waals surface area contributed by atoms with Crippen molar-refractivity contribution >= 4 is 23.7 Å². The molecule has 32 heavy (non-hydrogen) atoms. The molecule has 2 amide bonds. The van der Waals surface area contributed by atoms with Gasteiger partial charge < -0.3 is 20.9 Å². The van der Waals surface area contributed by atoms with Gasteiger partial charge in [-0.2, -0.15) is 0 Å². The molecule has 0 saturated carbocycles. The van der Waals surface area contributed by atoms with E-state index in [9.17, 15) is 9.59 Å². The lowest BCUT2D eigenvalue weighted by Gasteiger charge is -2.32. The summed E-state index contributed by atoms with van der Waals surface area (Å²) >= 11 is 0. The Hall–Kier alpha value is -3.29. The average Bonchev–Trinajstić information content (AvgIpc) is 2.80. The zero-order chi connectivity index (χ0) is 23.1. The average molecular weight is 434 g/mol. The van der Waals surface area contributed by atoms with Gasteiger partial charge in [0.05, 0.1) is 5.70 Å². The quantitative estimate of drug-likeness (QED) is 0.585. The van der Waals surface area contributed by atoms with Crippen molar-refractivity contribution in [1.29, 1.82) is 5.41 Å². The number of hydrogen-bond donors (Lipinski definition) is 3. The molecule has 0 bridgehead atoms. The van der Waals surface area contributed by atoms with E-state index in [1.165, 1.54) is 5.56 Å². The Morgan fingerprint density at radius 3 is 2.34 bits per heavy atom. The lowest BCUT2D eigenvalue weighted by Crippen LogP contribution is -2.43. The number of aryl methyl sites for hydroxylation is 1. The van der Waals surface area contributed by atoms with Crippen LogP contribution < -0.4 is 10.6 Å². The lowest BCUT2D eigenvalue weighted by atomic mass is 10.1. The van der Waals surface area contributed by atoms with Crippen molar-refractivity contribution in [3.63, 3.8) is 0 Å². The Bertz CT molecular complexity index is 1010. The zero-order valence-corrected chi connectivity index (χ0v) is 18.9. The molecular formula is C25H31N5O2. The Balaban J connectivity index is 1.64. The first-order valence-electron chi connectivity index (χ1n) is 10.8. The van der Waals surface area contributed by atoms with E-state index in [0.717, 1.165) is 44.5 Å². The largest absolute Gasteiger partial charge is 0.322 e. The van der Waals surface area contributed by atoms with E-state index in [4.69, 9.17) is 5.41 Å². The van der Waals surface area contributed by atoms with Crippen LogP contribution in [0, 0.1) is 12.3 Å². The fraction of sp³-hybridized carbons (Fsp3) is 0.320. The Labute approximate surface area is 189 Å². The van der Waals surface area contributed by atoms with Crippen molar-refractivity contribution in [2.24, 2.45) is 0 Å². The van der Waals surface area contributed by atoms with E-state index in [1.807, 2.05) is 31.2 Å². The second-order valence-electron chi connectivity index (χ2n) is 8.10. The lowest BCUT2D eigenvalue weighted by molar-refractivity contribution is 0.0965. The smallest absolute Gasteiger partial charge is 0.256 e. The summed E-state index contributed by atoms with van der Waals surface area (Å²) in [4.78, 5) is 30.0. The minimum absolute atomic E-state index is 0.222. The van der Waals surface area contributed by atoms with Crippen LogP contribution >= 0.6 is 0 Å². The minimum atomic E-state index is -0.316. The molecular weight excluding hydrogens is 402 g/mol. The standard InChI is InChI=1S/C25H31N5O2/c1-4-21(16-26)27-25(32)23-15-22(10-5-18(23)2)28-24(31)20-8-6-19(7-9-20)17-30-13-11-29(3)12-14-30/h4-10,15-16,26H,11-14,17H2,1-3H3,(H,27,32)(H,28,31)/b21-4+,26-16?. The van der Waals surface area contributed by atoms with Gasteiger partial charge in [0.1, 0.15) is 0 Å². The number of likely N-dealkylation sites (N-methyl/N-ethyl adjacent to an activating group) is 1. The summed E-state index contributed by atoms with van der Waals surface area (Å²) in [6.07, 6.45) is 2.74. The highest BCUT2D eigenvalue weighted by Crippen LogP contribution is 2.17. The Kier molecular flexibility index (Phi) is 7.92. The topological polar surface area (TPSA) is 88.5 Å². The molecule has 0 atom stereocenters. The SMILES string of the molecule is C/C=C(\C=N)NC(=O)c1cc(NC(=O)c2ccc(CN3CCN(C)CC3)cc2)ccc1C. The maximum Gasteiger partial charge on any atom is 0.256 e. The summed E-state index contributed by atoms with van der Waals surface area (Å²) in [6.45, 7) is 8.73. The third-order valence-corrected chi connectivity index (χ3v) is 5.68. The van der Waals surface area contributed by atoms with Crippen LogP contribution in [0.15, 0.2) is 54.2 Å². The number of nitrogens with one attached hydrogen (secondary N) is 3. The van der Waals surface area contributed by atoms with Crippen LogP contribution in [0.4, 0.5) is 5.69 Å². The molecule has 0 radical (unpaired) electrons. The van der Waals surface area contributed by atoms with E-state index in [0.29, 0.717) is 22.5 Å². The van der Waals surface area contributed by atoms with Gasteiger partial charge >= 0.3 is 0 Å². The van der Waals surface area contributed by atoms with Gasteiger partial charge in [0.2, 0.25) is 0 Å². The van der Waals surface area contributed by atoms with Crippen LogP contribution in [-0.4, -0.2) is 61.1 Å². The molecule has 1 heterocycles. The second-order valence-corrected chi connectivity index (χ2v) is 8.10. The monoisotopic (exact) mass is 433 g/mol. The van der Waals surface area contributed by atoms with Gasteiger partial charge in [0.15, 0.2) is 0 Å². The third-order valence-electron chi connectivity index (χ3n) is 5.68. The zero-order valence-electron chi connectivity index (χ0n) is 18.9. The van der Waals surface area contributed by atoms with Crippen LogP contribution in [0.1, 0.15) is 38.8 Å². The molecule has 3 rings (SSSR count). The van der Waals surface area contributed by atoms with Crippen molar-refractivity contribution in [2.75, 3.05) is 38.5 Å². The van der Waals surface area contributed by atoms with Gasteiger partial charge in [0, 0.05) is 55.8 Å². The van der Waals surface area contributed by atoms with Crippen LogP contribution in [0.5, 0.6) is 0 Å². The molecule has 3 N–H and O–H groups in total. The summed E-state index contributed by atoms with van der Waals surface area (Å²) in [5.41, 5.74) is 3.95. The highest BCUT2D eigenvalue weighted by molar-refractivity contribution is 6.05. The number of benzene rings is 2. The summed E-state index contributed by atoms with van der Waals surface area (Å²) < 4.78 is 0. The summed E-state index contributed by atoms with van der Waals surface area (Å²) in [7, 11) is 2.14. The Morgan fingerprint density at radius 2 is 1.72 bits per heavy atom. The van der Waals surface area contributed by atoms with Gasteiger partial charge in [-0.05, 0) is 56.3 Å². The number of anilines is 1. The first kappa shape index (κ1) is 23.4. The number of piperazine rings is 1. The highest BCUT2D eigenvalue weighted by Gasteiger charge is 2.15. The third kappa shape index (κ3) is 6.12. The molecule has 1 aliphatic heterocycles. The fourth-order valence-corrected chi connectivity index (χ4v) is 3.56. The van der Waals surface area contributed by atoms with Gasteiger partial charge in [0.25, 0.3) is 11.8 Å². The van der Waals surface area contributed by atoms with Crippen LogP contribution in [0.2, 0.25) is 0 Å². The molecule has 0 aliphatic carbocycles. The van der Waals surface area contributed by atoms with Crippen molar-refractivity contribution < 1.29 is 9.59 Å². The number of amides is 2. The van der Waals surface area contributed by atoms with Crippen molar-refractivity contribution in [3.05, 3.63) is 76.5 Å². The van der Waals surface area contributed by atoms with Gasteiger partial charge in [-0.25, -0.2) is 0 Å². The number of nitrogens with zero attached hydrogens (tertiary/aromatic N) is 2. The van der Waals surface area contributed by atoms with E-state index < -0.39 is 0 Å². The molecule has 1 fully saturated rings. The molecule has 2 aromatic rings. The van der Waals surface area contributed by atoms with Crippen molar-refractivity contribution in [3.8, 4) is 0 Å². The molecule has 1 aliphatic rings. The summed E-state index contributed by atoms with van der Waals surface area (Å²) in [6, 6.07) is 12.9. The van der Waals surface area contributed by atoms with Crippen molar-refractivity contribution in [1.82, 2.24) is 15.1 Å². The van der Waals surface area contributed by atoms with E-state index >= 15 is 0 Å². The predicted molar refractivity (Wildman–Crippen MR) is 128 cm³/mol. The number of carbonyl (C=O) groups excluding carboxylic acids is 2. The fourth-order valence-electron chi connectivity index (χ4n) is 3.56. The number of rotatable bonds is 7. The van der Waals surface area contributed by atoms with Gasteiger partial charge in [-0.3, -0.25) is 14.5 Å². The predicted octanol–water partition coefficient (Wildman–Crippen LogP) is 3.28. The normalized spacial score (nSPS) is 15.3. The molecule has 2 aromatic carbocycles.